The van der Waals surface area contributed by atoms with Crippen LogP contribution in [0.5, 0.6) is 5.75 Å². The fourth-order valence-electron chi connectivity index (χ4n) is 5.62. The van der Waals surface area contributed by atoms with E-state index in [2.05, 4.69) is 85.8 Å². The molecule has 0 aromatic heterocycles. The van der Waals surface area contributed by atoms with Gasteiger partial charge in [0.2, 0.25) is 0 Å². The van der Waals surface area contributed by atoms with Crippen LogP contribution in [0.15, 0.2) is 96.3 Å². The number of fused-ring (bicyclic) bond motifs is 8. The monoisotopic (exact) mass is 496 g/mol. The topological polar surface area (TPSA) is 38.7 Å². The first-order valence-corrected chi connectivity index (χ1v) is 13.3. The summed E-state index contributed by atoms with van der Waals surface area (Å²) >= 11 is 1.44. The summed E-state index contributed by atoms with van der Waals surface area (Å²) in [5.41, 5.74) is 5.46. The second kappa shape index (κ2) is 7.85. The van der Waals surface area contributed by atoms with Crippen LogP contribution in [0.4, 0.5) is 0 Å². The first-order chi connectivity index (χ1) is 17.1. The number of hydrogen-bond acceptors (Lipinski definition) is 4. The minimum atomic E-state index is -0.976. The summed E-state index contributed by atoms with van der Waals surface area (Å²) in [5.74, 6) is 1.82. The lowest BCUT2D eigenvalue weighted by molar-refractivity contribution is -0.0819. The standard InChI is InChI=1S/C32H32O3S/c1-29(2,33)30(3,4)35-36-31(5)19-18-28-26(20-31)32(25-16-10-11-17-27(25)34-28)23-14-8-6-12-21(23)22-13-7-9-15-24(22)32/h6-19,33H,20H2,1-5H3. The summed E-state index contributed by atoms with van der Waals surface area (Å²) in [6.07, 6.45) is 5.06. The lowest BCUT2D eigenvalue weighted by atomic mass is 9.63. The van der Waals surface area contributed by atoms with Gasteiger partial charge in [0, 0.05) is 17.6 Å². The Labute approximate surface area is 218 Å². The molecule has 6 rings (SSSR count). The third-order valence-corrected chi connectivity index (χ3v) is 9.40. The fraction of sp³-hybridized carbons (Fsp3) is 0.312. The molecule has 1 aliphatic heterocycles. The lowest BCUT2D eigenvalue weighted by Gasteiger charge is -2.45. The maximum atomic E-state index is 10.7. The van der Waals surface area contributed by atoms with E-state index in [1.165, 1.54) is 45.4 Å². The van der Waals surface area contributed by atoms with Crippen molar-refractivity contribution in [1.29, 1.82) is 0 Å². The molecule has 0 saturated carbocycles. The molecule has 1 spiro atoms. The van der Waals surface area contributed by atoms with E-state index in [-0.39, 0.29) is 4.75 Å². The summed E-state index contributed by atoms with van der Waals surface area (Å²) in [6, 6.07) is 26.0. The van der Waals surface area contributed by atoms with Crippen molar-refractivity contribution in [3.05, 3.63) is 113 Å². The number of rotatable bonds is 4. The second-order valence-electron chi connectivity index (χ2n) is 11.3. The Morgan fingerprint density at radius 3 is 2.00 bits per heavy atom. The van der Waals surface area contributed by atoms with E-state index in [0.29, 0.717) is 0 Å². The van der Waals surface area contributed by atoms with Crippen LogP contribution < -0.4 is 4.74 Å². The smallest absolute Gasteiger partial charge is 0.132 e. The van der Waals surface area contributed by atoms with E-state index in [1.807, 2.05) is 19.9 Å². The number of aliphatic hydroxyl groups is 1. The van der Waals surface area contributed by atoms with Crippen LogP contribution in [-0.4, -0.2) is 21.1 Å². The molecule has 3 aromatic rings. The highest BCUT2D eigenvalue weighted by Crippen LogP contribution is 2.63. The van der Waals surface area contributed by atoms with Gasteiger partial charge < -0.3 is 14.0 Å². The minimum Gasteiger partial charge on any atom is -0.457 e. The van der Waals surface area contributed by atoms with E-state index in [0.717, 1.165) is 17.9 Å². The number of para-hydroxylation sites is 1. The molecule has 1 atom stereocenters. The van der Waals surface area contributed by atoms with Crippen molar-refractivity contribution in [3.8, 4) is 16.9 Å². The summed E-state index contributed by atoms with van der Waals surface area (Å²) in [5, 5.41) is 10.7. The minimum absolute atomic E-state index is 0.337. The predicted octanol–water partition coefficient (Wildman–Crippen LogP) is 7.58. The molecule has 3 aromatic carbocycles. The molecule has 3 nitrogen and oxygen atoms in total. The molecule has 0 amide bonds. The van der Waals surface area contributed by atoms with E-state index in [1.54, 1.807) is 13.8 Å². The Balaban J connectivity index is 1.53. The summed E-state index contributed by atoms with van der Waals surface area (Å²) in [4.78, 5) is 0. The molecule has 36 heavy (non-hydrogen) atoms. The molecule has 0 bridgehead atoms. The molecule has 3 aliphatic rings. The van der Waals surface area contributed by atoms with Gasteiger partial charge >= 0.3 is 0 Å². The van der Waals surface area contributed by atoms with Gasteiger partial charge in [0.25, 0.3) is 0 Å². The Hall–Kier alpha value is -2.79. The Kier molecular flexibility index (Phi) is 5.15. The maximum absolute atomic E-state index is 10.7. The van der Waals surface area contributed by atoms with Gasteiger partial charge in [-0.15, -0.1) is 0 Å². The van der Waals surface area contributed by atoms with Crippen molar-refractivity contribution in [2.75, 3.05) is 0 Å². The lowest BCUT2D eigenvalue weighted by Crippen LogP contribution is -2.47. The van der Waals surface area contributed by atoms with Crippen molar-refractivity contribution in [2.45, 2.75) is 62.4 Å². The molecule has 184 valence electrons. The van der Waals surface area contributed by atoms with Gasteiger partial charge in [-0.05, 0) is 81.0 Å². The number of allylic oxidation sites excluding steroid dienone is 2. The zero-order valence-corrected chi connectivity index (χ0v) is 22.3. The van der Waals surface area contributed by atoms with Gasteiger partial charge in [0.15, 0.2) is 0 Å². The molecular formula is C32H32O3S. The zero-order valence-electron chi connectivity index (χ0n) is 21.5. The van der Waals surface area contributed by atoms with Crippen molar-refractivity contribution in [2.24, 2.45) is 0 Å². The molecule has 2 aliphatic carbocycles. The molecule has 0 saturated heterocycles. The van der Waals surface area contributed by atoms with Gasteiger partial charge in [0.05, 0.1) is 15.8 Å². The highest BCUT2D eigenvalue weighted by atomic mass is 32.2. The fourth-order valence-corrected chi connectivity index (χ4v) is 6.55. The number of benzene rings is 3. The van der Waals surface area contributed by atoms with Gasteiger partial charge in [-0.25, -0.2) is 0 Å². The van der Waals surface area contributed by atoms with Crippen LogP contribution in [-0.2, 0) is 9.60 Å². The van der Waals surface area contributed by atoms with Crippen molar-refractivity contribution >= 4 is 12.0 Å². The third kappa shape index (κ3) is 3.28. The molecular weight excluding hydrogens is 464 g/mol. The molecule has 4 heteroatoms. The second-order valence-corrected chi connectivity index (χ2v) is 12.6. The predicted molar refractivity (Wildman–Crippen MR) is 147 cm³/mol. The summed E-state index contributed by atoms with van der Waals surface area (Å²) in [6.45, 7) is 9.66. The molecule has 0 fully saturated rings. The molecule has 1 N–H and O–H groups in total. The molecule has 0 radical (unpaired) electrons. The average Bonchev–Trinajstić information content (AvgIpc) is 3.15. The number of hydrogen-bond donors (Lipinski definition) is 1. The SMILES string of the molecule is CC1(SOC(C)(C)C(C)(C)O)C=CC2=C(C1)C1(c3ccccc3O2)c2ccccc2-c2ccccc21. The van der Waals surface area contributed by atoms with Crippen LogP contribution in [0.2, 0.25) is 0 Å². The normalized spacial score (nSPS) is 21.5. The van der Waals surface area contributed by atoms with Gasteiger partial charge in [-0.3, -0.25) is 0 Å². The molecule has 1 heterocycles. The van der Waals surface area contributed by atoms with Gasteiger partial charge in [-0.1, -0.05) is 72.8 Å². The Morgan fingerprint density at radius 1 is 0.833 bits per heavy atom. The van der Waals surface area contributed by atoms with Gasteiger partial charge in [-0.2, -0.15) is 0 Å². The van der Waals surface area contributed by atoms with E-state index in [9.17, 15) is 5.11 Å². The Bertz CT molecular complexity index is 1380. The maximum Gasteiger partial charge on any atom is 0.132 e. The first-order valence-electron chi connectivity index (χ1n) is 12.6. The van der Waals surface area contributed by atoms with Crippen LogP contribution in [0.3, 0.4) is 0 Å². The Morgan fingerprint density at radius 2 is 1.39 bits per heavy atom. The largest absolute Gasteiger partial charge is 0.457 e. The van der Waals surface area contributed by atoms with E-state index < -0.39 is 16.6 Å². The van der Waals surface area contributed by atoms with Crippen molar-refractivity contribution in [1.82, 2.24) is 0 Å². The molecule has 1 unspecified atom stereocenters. The van der Waals surface area contributed by atoms with Crippen LogP contribution in [0.1, 0.15) is 57.7 Å². The summed E-state index contributed by atoms with van der Waals surface area (Å²) < 4.78 is 12.5. The third-order valence-electron chi connectivity index (χ3n) is 8.24. The van der Waals surface area contributed by atoms with E-state index in [4.69, 9.17) is 8.92 Å². The van der Waals surface area contributed by atoms with Crippen LogP contribution in [0, 0.1) is 0 Å². The summed E-state index contributed by atoms with van der Waals surface area (Å²) in [7, 11) is 0. The highest BCUT2D eigenvalue weighted by molar-refractivity contribution is 7.96. The zero-order chi connectivity index (χ0) is 25.3. The van der Waals surface area contributed by atoms with Crippen molar-refractivity contribution < 1.29 is 14.0 Å². The van der Waals surface area contributed by atoms with Gasteiger partial charge in [0.1, 0.15) is 17.1 Å². The first kappa shape index (κ1) is 23.6. The van der Waals surface area contributed by atoms with Crippen LogP contribution >= 0.6 is 12.0 Å². The number of ether oxygens (including phenoxy) is 1. The quantitative estimate of drug-likeness (QED) is 0.378. The average molecular weight is 497 g/mol. The van der Waals surface area contributed by atoms with Crippen LogP contribution in [0.25, 0.3) is 11.1 Å². The highest BCUT2D eigenvalue weighted by Gasteiger charge is 2.54. The van der Waals surface area contributed by atoms with Crippen molar-refractivity contribution in [3.63, 3.8) is 0 Å². The van der Waals surface area contributed by atoms with E-state index >= 15 is 0 Å².